The minimum absolute atomic E-state index is 0.122. The summed E-state index contributed by atoms with van der Waals surface area (Å²) < 4.78 is 20.4. The minimum Gasteiger partial charge on any atom is -0.426 e. The van der Waals surface area contributed by atoms with Gasteiger partial charge in [0.15, 0.2) is 0 Å². The molecule has 0 aromatic heterocycles. The van der Waals surface area contributed by atoms with Crippen LogP contribution in [0.4, 0.5) is 0 Å². The first-order valence-corrected chi connectivity index (χ1v) is 3.93. The second kappa shape index (κ2) is 3.25. The molecule has 0 amide bonds. The second-order valence-electron chi connectivity index (χ2n) is 3.06. The molecule has 1 rings (SSSR count). The molecule has 0 unspecified atom stereocenters. The Morgan fingerprint density at radius 3 is 2.23 bits per heavy atom. The summed E-state index contributed by atoms with van der Waals surface area (Å²) in [6.45, 7) is 3.12. The van der Waals surface area contributed by atoms with Gasteiger partial charge in [0.25, 0.3) is 5.79 Å². The minimum atomic E-state index is -1.20. The fraction of sp³-hybridized carbons (Fsp3) is 0.875. The van der Waals surface area contributed by atoms with Crippen LogP contribution >= 0.6 is 0 Å². The van der Waals surface area contributed by atoms with Crippen molar-refractivity contribution in [3.05, 3.63) is 0 Å². The molecule has 76 valence electrons. The third-order valence-electron chi connectivity index (χ3n) is 2.38. The lowest BCUT2D eigenvalue weighted by atomic mass is 10.1. The van der Waals surface area contributed by atoms with E-state index in [1.807, 2.05) is 0 Å². The normalized spacial score (nSPS) is 40.2. The van der Waals surface area contributed by atoms with Crippen LogP contribution in [0.1, 0.15) is 13.8 Å². The maximum atomic E-state index is 11.0. The fourth-order valence-corrected chi connectivity index (χ4v) is 1.14. The second-order valence-corrected chi connectivity index (χ2v) is 3.06. The Bertz CT molecular complexity index is 217. The molecule has 1 aliphatic heterocycles. The van der Waals surface area contributed by atoms with Gasteiger partial charge < -0.3 is 18.9 Å². The molecule has 5 nitrogen and oxygen atoms in total. The Labute approximate surface area is 76.9 Å². The zero-order valence-electron chi connectivity index (χ0n) is 8.25. The number of methoxy groups -OCH3 is 2. The van der Waals surface area contributed by atoms with Crippen molar-refractivity contribution in [2.75, 3.05) is 20.8 Å². The molecule has 0 aromatic rings. The molecule has 1 saturated heterocycles. The van der Waals surface area contributed by atoms with Crippen LogP contribution in [-0.2, 0) is 23.7 Å². The van der Waals surface area contributed by atoms with Crippen molar-refractivity contribution >= 4 is 5.97 Å². The van der Waals surface area contributed by atoms with Gasteiger partial charge in [0.1, 0.15) is 6.61 Å². The van der Waals surface area contributed by atoms with Crippen LogP contribution in [0.2, 0.25) is 0 Å². The SMILES string of the molecule is CO[C@]1(C)OCC(=O)O[C@@]1(C)OC. The zero-order valence-corrected chi connectivity index (χ0v) is 8.25. The lowest BCUT2D eigenvalue weighted by molar-refractivity contribution is -0.392. The number of esters is 1. The molecule has 0 spiro atoms. The predicted molar refractivity (Wildman–Crippen MR) is 42.9 cm³/mol. The van der Waals surface area contributed by atoms with Gasteiger partial charge in [-0.2, -0.15) is 0 Å². The molecule has 0 N–H and O–H groups in total. The Kier molecular flexibility index (Phi) is 2.61. The van der Waals surface area contributed by atoms with Gasteiger partial charge in [-0.15, -0.1) is 0 Å². The van der Waals surface area contributed by atoms with E-state index in [9.17, 15) is 4.79 Å². The lowest BCUT2D eigenvalue weighted by Crippen LogP contribution is -2.61. The first-order chi connectivity index (χ1) is 5.97. The van der Waals surface area contributed by atoms with E-state index in [1.165, 1.54) is 14.2 Å². The van der Waals surface area contributed by atoms with Gasteiger partial charge >= 0.3 is 5.97 Å². The Balaban J connectivity index is 2.90. The monoisotopic (exact) mass is 190 g/mol. The van der Waals surface area contributed by atoms with E-state index >= 15 is 0 Å². The molecule has 0 radical (unpaired) electrons. The van der Waals surface area contributed by atoms with Crippen molar-refractivity contribution in [2.45, 2.75) is 25.4 Å². The van der Waals surface area contributed by atoms with E-state index in [1.54, 1.807) is 13.8 Å². The topological polar surface area (TPSA) is 54.0 Å². The first kappa shape index (κ1) is 10.4. The molecule has 0 saturated carbocycles. The number of rotatable bonds is 2. The molecule has 0 bridgehead atoms. The average Bonchev–Trinajstić information content (AvgIpc) is 2.12. The number of carbonyl (C=O) groups excluding carboxylic acids is 1. The van der Waals surface area contributed by atoms with Crippen LogP contribution < -0.4 is 0 Å². The number of ether oxygens (including phenoxy) is 4. The highest BCUT2D eigenvalue weighted by Crippen LogP contribution is 2.34. The van der Waals surface area contributed by atoms with Crippen LogP contribution in [0.25, 0.3) is 0 Å². The molecular weight excluding hydrogens is 176 g/mol. The first-order valence-electron chi connectivity index (χ1n) is 3.93. The van der Waals surface area contributed by atoms with Crippen molar-refractivity contribution < 1.29 is 23.7 Å². The molecule has 0 aliphatic carbocycles. The van der Waals surface area contributed by atoms with Crippen molar-refractivity contribution in [3.8, 4) is 0 Å². The van der Waals surface area contributed by atoms with Gasteiger partial charge in [0.05, 0.1) is 0 Å². The van der Waals surface area contributed by atoms with Crippen molar-refractivity contribution in [3.63, 3.8) is 0 Å². The van der Waals surface area contributed by atoms with Gasteiger partial charge in [-0.25, -0.2) is 4.79 Å². The number of cyclic esters (lactones) is 1. The van der Waals surface area contributed by atoms with Crippen molar-refractivity contribution in [2.24, 2.45) is 0 Å². The van der Waals surface area contributed by atoms with E-state index in [-0.39, 0.29) is 6.61 Å². The van der Waals surface area contributed by atoms with Crippen molar-refractivity contribution in [1.82, 2.24) is 0 Å². The molecule has 1 aliphatic rings. The quantitative estimate of drug-likeness (QED) is 0.585. The van der Waals surface area contributed by atoms with Crippen LogP contribution in [0, 0.1) is 0 Å². The van der Waals surface area contributed by atoms with Crippen LogP contribution in [0.3, 0.4) is 0 Å². The molecule has 2 atom stereocenters. The summed E-state index contributed by atoms with van der Waals surface area (Å²) in [5.74, 6) is -2.72. The third-order valence-corrected chi connectivity index (χ3v) is 2.38. The highest BCUT2D eigenvalue weighted by Gasteiger charge is 2.54. The van der Waals surface area contributed by atoms with E-state index in [0.717, 1.165) is 0 Å². The lowest BCUT2D eigenvalue weighted by Gasteiger charge is -2.45. The highest BCUT2D eigenvalue weighted by atomic mass is 16.8. The summed E-state index contributed by atoms with van der Waals surface area (Å²) in [6.07, 6.45) is 0. The van der Waals surface area contributed by atoms with Crippen LogP contribution in [0.5, 0.6) is 0 Å². The zero-order chi connectivity index (χ0) is 10.1. The summed E-state index contributed by atoms with van der Waals surface area (Å²) in [5.41, 5.74) is 0. The maximum absolute atomic E-state index is 11.0. The summed E-state index contributed by atoms with van der Waals surface area (Å²) >= 11 is 0. The van der Waals surface area contributed by atoms with Crippen LogP contribution in [-0.4, -0.2) is 38.4 Å². The maximum Gasteiger partial charge on any atom is 0.334 e. The fourth-order valence-electron chi connectivity index (χ4n) is 1.14. The van der Waals surface area contributed by atoms with Gasteiger partial charge in [-0.1, -0.05) is 0 Å². The molecule has 5 heteroatoms. The summed E-state index contributed by atoms with van der Waals surface area (Å²) in [4.78, 5) is 11.0. The highest BCUT2D eigenvalue weighted by molar-refractivity contribution is 5.72. The molecule has 1 heterocycles. The molecular formula is C8H14O5. The molecule has 0 aromatic carbocycles. The molecule has 13 heavy (non-hydrogen) atoms. The predicted octanol–water partition coefficient (Wildman–Crippen LogP) is 0.285. The van der Waals surface area contributed by atoms with Gasteiger partial charge in [-0.05, 0) is 6.92 Å². The Hall–Kier alpha value is -0.650. The van der Waals surface area contributed by atoms with Crippen molar-refractivity contribution in [1.29, 1.82) is 0 Å². The third kappa shape index (κ3) is 1.54. The van der Waals surface area contributed by atoms with E-state index < -0.39 is 17.5 Å². The number of hydrogen-bond donors (Lipinski definition) is 0. The van der Waals surface area contributed by atoms with Gasteiger partial charge in [-0.3, -0.25) is 0 Å². The number of carbonyl (C=O) groups is 1. The largest absolute Gasteiger partial charge is 0.426 e. The Morgan fingerprint density at radius 2 is 1.77 bits per heavy atom. The average molecular weight is 190 g/mol. The smallest absolute Gasteiger partial charge is 0.334 e. The summed E-state index contributed by atoms with van der Waals surface area (Å²) in [6, 6.07) is 0. The van der Waals surface area contributed by atoms with E-state index in [2.05, 4.69) is 0 Å². The standard InChI is InChI=1S/C8H14O5/c1-7(10-3)8(2,11-4)13-6(9)5-12-7/h5H2,1-4H3/t7-,8-/m1/s1. The summed E-state index contributed by atoms with van der Waals surface area (Å²) in [5, 5.41) is 0. The van der Waals surface area contributed by atoms with Gasteiger partial charge in [0.2, 0.25) is 5.79 Å². The molecule has 1 fully saturated rings. The van der Waals surface area contributed by atoms with E-state index in [4.69, 9.17) is 18.9 Å². The van der Waals surface area contributed by atoms with E-state index in [0.29, 0.717) is 0 Å². The Morgan fingerprint density at radius 1 is 1.23 bits per heavy atom. The van der Waals surface area contributed by atoms with Gasteiger partial charge in [0, 0.05) is 21.1 Å². The van der Waals surface area contributed by atoms with Crippen LogP contribution in [0.15, 0.2) is 0 Å². The summed E-state index contributed by atoms with van der Waals surface area (Å²) in [7, 11) is 2.90. The number of hydrogen-bond acceptors (Lipinski definition) is 5.